The highest BCUT2D eigenvalue weighted by Gasteiger charge is 2.23. The molecule has 2 heterocycles. The van der Waals surface area contributed by atoms with Crippen LogP contribution in [0.25, 0.3) is 10.2 Å². The Hall–Kier alpha value is -2.34. The zero-order valence-corrected chi connectivity index (χ0v) is 16.6. The highest BCUT2D eigenvalue weighted by molar-refractivity contribution is 7.18. The van der Waals surface area contributed by atoms with Crippen LogP contribution < -0.4 is 15.0 Å². The number of thiophene rings is 1. The molecule has 0 aliphatic heterocycles. The van der Waals surface area contributed by atoms with Gasteiger partial charge in [0.1, 0.15) is 22.9 Å². The van der Waals surface area contributed by atoms with E-state index < -0.39 is 0 Å². The molecule has 0 N–H and O–H groups in total. The summed E-state index contributed by atoms with van der Waals surface area (Å²) in [4.78, 5) is 19.7. The van der Waals surface area contributed by atoms with Crippen molar-refractivity contribution in [1.29, 1.82) is 0 Å². The van der Waals surface area contributed by atoms with Gasteiger partial charge in [0.2, 0.25) is 0 Å². The smallest absolute Gasteiger partial charge is 0.262 e. The van der Waals surface area contributed by atoms with Crippen LogP contribution in [0.15, 0.2) is 35.4 Å². The summed E-state index contributed by atoms with van der Waals surface area (Å²) in [6.45, 7) is 5.78. The molecule has 0 bridgehead atoms. The molecular weight excluding hydrogens is 360 g/mol. The molecule has 1 atom stereocenters. The Balaban J connectivity index is 1.48. The van der Waals surface area contributed by atoms with Gasteiger partial charge in [-0.2, -0.15) is 0 Å². The van der Waals surface area contributed by atoms with Gasteiger partial charge in [0.05, 0.1) is 24.9 Å². The minimum absolute atomic E-state index is 0.0577. The molecule has 6 heteroatoms. The first kappa shape index (κ1) is 18.0. The summed E-state index contributed by atoms with van der Waals surface area (Å²) in [5.41, 5.74) is 1.29. The maximum absolute atomic E-state index is 13.0. The summed E-state index contributed by atoms with van der Waals surface area (Å²) in [5.74, 6) is 2.28. The third kappa shape index (κ3) is 3.72. The molecule has 142 valence electrons. The molecule has 0 fully saturated rings. The number of aryl methyl sites for hydroxylation is 1. The molecule has 0 radical (unpaired) electrons. The lowest BCUT2D eigenvalue weighted by Crippen LogP contribution is -2.24. The summed E-state index contributed by atoms with van der Waals surface area (Å²) >= 11 is 1.68. The lowest BCUT2D eigenvalue weighted by atomic mass is 9.89. The van der Waals surface area contributed by atoms with Gasteiger partial charge in [-0.3, -0.25) is 9.36 Å². The van der Waals surface area contributed by atoms with Crippen molar-refractivity contribution in [3.8, 4) is 11.5 Å². The molecule has 3 aromatic rings. The van der Waals surface area contributed by atoms with Crippen molar-refractivity contribution in [2.75, 3.05) is 13.2 Å². The van der Waals surface area contributed by atoms with E-state index in [1.165, 1.54) is 10.4 Å². The van der Waals surface area contributed by atoms with Gasteiger partial charge in [-0.25, -0.2) is 4.98 Å². The number of benzene rings is 1. The molecule has 1 aromatic carbocycles. The zero-order valence-electron chi connectivity index (χ0n) is 15.7. The molecule has 1 aliphatic rings. The minimum atomic E-state index is 0.0577. The minimum Gasteiger partial charge on any atom is -0.494 e. The van der Waals surface area contributed by atoms with Gasteiger partial charge < -0.3 is 9.47 Å². The van der Waals surface area contributed by atoms with Gasteiger partial charge in [-0.15, -0.1) is 11.3 Å². The van der Waals surface area contributed by atoms with E-state index in [4.69, 9.17) is 9.47 Å². The maximum atomic E-state index is 13.0. The standard InChI is InChI=1S/C21H24N2O3S/c1-3-25-15-5-7-16(8-6-15)26-11-10-23-13-22-20-19(21(23)24)17-9-4-14(2)12-18(17)27-20/h5-8,13-14H,3-4,9-12H2,1-2H3/t14-/m1/s1. The Morgan fingerprint density at radius 2 is 1.96 bits per heavy atom. The summed E-state index contributed by atoms with van der Waals surface area (Å²) in [6, 6.07) is 7.53. The van der Waals surface area contributed by atoms with Gasteiger partial charge in [-0.05, 0) is 61.9 Å². The summed E-state index contributed by atoms with van der Waals surface area (Å²) in [6.07, 6.45) is 4.85. The number of aromatic nitrogens is 2. The number of ether oxygens (including phenoxy) is 2. The van der Waals surface area contributed by atoms with Crippen LogP contribution >= 0.6 is 11.3 Å². The molecule has 2 aromatic heterocycles. The average Bonchev–Trinajstić information content (AvgIpc) is 3.03. The molecule has 1 aliphatic carbocycles. The van der Waals surface area contributed by atoms with Crippen LogP contribution in [-0.4, -0.2) is 22.8 Å². The third-order valence-corrected chi connectivity index (χ3v) is 6.18. The van der Waals surface area contributed by atoms with Gasteiger partial charge in [0.15, 0.2) is 0 Å². The van der Waals surface area contributed by atoms with Crippen molar-refractivity contribution in [2.24, 2.45) is 5.92 Å². The molecule has 4 rings (SSSR count). The van der Waals surface area contributed by atoms with Crippen molar-refractivity contribution in [3.05, 3.63) is 51.4 Å². The quantitative estimate of drug-likeness (QED) is 0.643. The fourth-order valence-electron chi connectivity index (χ4n) is 3.59. The Morgan fingerprint density at radius 1 is 1.22 bits per heavy atom. The predicted molar refractivity (Wildman–Crippen MR) is 108 cm³/mol. The van der Waals surface area contributed by atoms with Crippen LogP contribution in [0.4, 0.5) is 0 Å². The number of fused-ring (bicyclic) bond motifs is 3. The van der Waals surface area contributed by atoms with E-state index >= 15 is 0 Å². The van der Waals surface area contributed by atoms with E-state index in [9.17, 15) is 4.79 Å². The van der Waals surface area contributed by atoms with Crippen molar-refractivity contribution in [3.63, 3.8) is 0 Å². The second-order valence-electron chi connectivity index (χ2n) is 7.03. The molecule has 0 saturated heterocycles. The molecular formula is C21H24N2O3S. The van der Waals surface area contributed by atoms with Gasteiger partial charge in [-0.1, -0.05) is 6.92 Å². The van der Waals surface area contributed by atoms with Crippen molar-refractivity contribution in [1.82, 2.24) is 9.55 Å². The molecule has 27 heavy (non-hydrogen) atoms. The van der Waals surface area contributed by atoms with E-state index in [1.54, 1.807) is 22.2 Å². The normalized spacial score (nSPS) is 16.3. The van der Waals surface area contributed by atoms with Crippen LogP contribution in [-0.2, 0) is 19.4 Å². The van der Waals surface area contributed by atoms with Crippen LogP contribution in [0.3, 0.4) is 0 Å². The van der Waals surface area contributed by atoms with Gasteiger partial charge >= 0.3 is 0 Å². The van der Waals surface area contributed by atoms with Crippen LogP contribution in [0.2, 0.25) is 0 Å². The maximum Gasteiger partial charge on any atom is 0.262 e. The van der Waals surface area contributed by atoms with E-state index in [1.807, 2.05) is 31.2 Å². The molecule has 5 nitrogen and oxygen atoms in total. The zero-order chi connectivity index (χ0) is 18.8. The Kier molecular flexibility index (Phi) is 5.16. The number of hydrogen-bond donors (Lipinski definition) is 0. The second-order valence-corrected chi connectivity index (χ2v) is 8.11. The first-order valence-electron chi connectivity index (χ1n) is 9.51. The van der Waals surface area contributed by atoms with Gasteiger partial charge in [0, 0.05) is 4.88 Å². The number of nitrogens with zero attached hydrogens (tertiary/aromatic N) is 2. The fourth-order valence-corrected chi connectivity index (χ4v) is 4.93. The average molecular weight is 385 g/mol. The summed E-state index contributed by atoms with van der Waals surface area (Å²) in [7, 11) is 0. The van der Waals surface area contributed by atoms with E-state index in [2.05, 4.69) is 11.9 Å². The number of rotatable bonds is 6. The van der Waals surface area contributed by atoms with E-state index in [-0.39, 0.29) is 5.56 Å². The fraction of sp³-hybridized carbons (Fsp3) is 0.429. The van der Waals surface area contributed by atoms with E-state index in [0.29, 0.717) is 25.7 Å². The van der Waals surface area contributed by atoms with Crippen molar-refractivity contribution in [2.45, 2.75) is 39.7 Å². The molecule has 0 unspecified atom stereocenters. The Labute approximate surface area is 162 Å². The van der Waals surface area contributed by atoms with Gasteiger partial charge in [0.25, 0.3) is 5.56 Å². The van der Waals surface area contributed by atoms with Crippen LogP contribution in [0, 0.1) is 5.92 Å². The second kappa shape index (κ2) is 7.72. The first-order chi connectivity index (χ1) is 13.2. The monoisotopic (exact) mass is 384 g/mol. The Morgan fingerprint density at radius 3 is 2.70 bits per heavy atom. The highest BCUT2D eigenvalue weighted by atomic mass is 32.1. The summed E-state index contributed by atoms with van der Waals surface area (Å²) in [5, 5.41) is 0.825. The van der Waals surface area contributed by atoms with Crippen LogP contribution in [0.5, 0.6) is 11.5 Å². The van der Waals surface area contributed by atoms with Crippen molar-refractivity contribution >= 4 is 21.6 Å². The Bertz CT molecular complexity index is 991. The highest BCUT2D eigenvalue weighted by Crippen LogP contribution is 2.35. The topological polar surface area (TPSA) is 53.4 Å². The predicted octanol–water partition coefficient (Wildman–Crippen LogP) is 4.06. The van der Waals surface area contributed by atoms with Crippen molar-refractivity contribution < 1.29 is 9.47 Å². The SMILES string of the molecule is CCOc1ccc(OCCn2cnc3sc4c(c3c2=O)CC[C@@H](C)C4)cc1. The molecule has 0 amide bonds. The molecule has 0 spiro atoms. The molecule has 0 saturated carbocycles. The van der Waals surface area contributed by atoms with E-state index in [0.717, 1.165) is 41.0 Å². The summed E-state index contributed by atoms with van der Waals surface area (Å²) < 4.78 is 12.9. The lowest BCUT2D eigenvalue weighted by Gasteiger charge is -2.17. The largest absolute Gasteiger partial charge is 0.494 e. The lowest BCUT2D eigenvalue weighted by molar-refractivity contribution is 0.294. The first-order valence-corrected chi connectivity index (χ1v) is 10.3. The third-order valence-electron chi connectivity index (χ3n) is 5.02. The van der Waals surface area contributed by atoms with Crippen LogP contribution in [0.1, 0.15) is 30.7 Å². The number of hydrogen-bond acceptors (Lipinski definition) is 5.